The number of aromatic amines is 2. The van der Waals surface area contributed by atoms with Crippen LogP contribution in [-0.4, -0.2) is 31.3 Å². The third kappa shape index (κ3) is 6.53. The fourth-order valence-electron chi connectivity index (χ4n) is 3.38. The summed E-state index contributed by atoms with van der Waals surface area (Å²) < 4.78 is 16.2. The minimum Gasteiger partial charge on any atom is -0.453 e. The molecule has 0 saturated carbocycles. The summed E-state index contributed by atoms with van der Waals surface area (Å²) >= 11 is 3.33. The molecule has 1 aliphatic rings. The molecule has 0 amide bonds. The van der Waals surface area contributed by atoms with Gasteiger partial charge in [-0.2, -0.15) is 0 Å². The van der Waals surface area contributed by atoms with Crippen molar-refractivity contribution >= 4 is 70.5 Å². The summed E-state index contributed by atoms with van der Waals surface area (Å²) in [6.07, 6.45) is 3.75. The van der Waals surface area contributed by atoms with Crippen molar-refractivity contribution in [3.63, 3.8) is 0 Å². The van der Waals surface area contributed by atoms with Crippen LogP contribution in [0.15, 0.2) is 53.3 Å². The Morgan fingerprint density at radius 1 is 0.758 bits per heavy atom. The Bertz CT molecular complexity index is 1210. The number of nitrogens with one attached hydrogen (secondary N) is 2. The molecule has 11 heteroatoms. The predicted octanol–water partition coefficient (Wildman–Crippen LogP) is 6.91. The minimum atomic E-state index is -0.135. The maximum Gasteiger partial charge on any atom is 0.426 e. The average Bonchev–Trinajstić information content (AvgIpc) is 3.40. The van der Waals surface area contributed by atoms with Crippen molar-refractivity contribution in [2.24, 2.45) is 0 Å². The van der Waals surface area contributed by atoms with Crippen LogP contribution >= 0.6 is 15.9 Å². The van der Waals surface area contributed by atoms with Gasteiger partial charge in [0, 0.05) is 27.9 Å². The molecule has 2 N–H and O–H groups in total. The van der Waals surface area contributed by atoms with E-state index in [1.165, 1.54) is 5.39 Å². The van der Waals surface area contributed by atoms with Crippen LogP contribution in [-0.2, 0) is 13.7 Å². The first-order valence-corrected chi connectivity index (χ1v) is 11.2. The molecular formula is C22H22B3BrN4O3. The molecule has 1 saturated heterocycles. The molecule has 0 bridgehead atoms. The highest BCUT2D eigenvalue weighted by Gasteiger charge is 2.31. The third-order valence-electron chi connectivity index (χ3n) is 4.88. The number of rotatable bonds is 0. The van der Waals surface area contributed by atoms with Gasteiger partial charge in [-0.1, -0.05) is 22.0 Å². The summed E-state index contributed by atoms with van der Waals surface area (Å²) in [6, 6.07) is 11.7. The fourth-order valence-corrected chi connectivity index (χ4v) is 3.83. The van der Waals surface area contributed by atoms with Gasteiger partial charge in [0.15, 0.2) is 5.69 Å². The van der Waals surface area contributed by atoms with Crippen LogP contribution in [0.25, 0.3) is 31.5 Å². The van der Waals surface area contributed by atoms with E-state index in [2.05, 4.69) is 35.6 Å². The molecule has 7 nitrogen and oxygen atoms in total. The lowest BCUT2D eigenvalue weighted by atomic mass is 9.74. The van der Waals surface area contributed by atoms with Gasteiger partial charge in [-0.15, -0.1) is 0 Å². The Kier molecular flexibility index (Phi) is 8.43. The summed E-state index contributed by atoms with van der Waals surface area (Å²) in [4.78, 5) is 12.9. The van der Waals surface area contributed by atoms with E-state index in [1.54, 1.807) is 0 Å². The number of H-pyrrole nitrogens is 2. The van der Waals surface area contributed by atoms with Gasteiger partial charge in [-0.3, -0.25) is 0 Å². The van der Waals surface area contributed by atoms with Crippen LogP contribution in [0.2, 0.25) is 20.5 Å². The van der Waals surface area contributed by atoms with Crippen LogP contribution in [0.3, 0.4) is 0 Å². The van der Waals surface area contributed by atoms with E-state index in [0.29, 0.717) is 5.69 Å². The van der Waals surface area contributed by atoms with Gasteiger partial charge in [-0.25, -0.2) is 9.69 Å². The highest BCUT2D eigenvalue weighted by Crippen LogP contribution is 2.30. The molecule has 0 unspecified atom stereocenters. The third-order valence-corrected chi connectivity index (χ3v) is 5.52. The average molecular weight is 503 g/mol. The number of aromatic nitrogens is 2. The maximum atomic E-state index is 6.92. The number of hydrogen-bond acceptors (Lipinski definition) is 3. The Morgan fingerprint density at radius 3 is 1.70 bits per heavy atom. The van der Waals surface area contributed by atoms with Gasteiger partial charge in [-0.05, 0) is 74.1 Å². The second kappa shape index (κ2) is 11.3. The Balaban J connectivity index is 0.000000141. The fraction of sp³-hybridized carbons (Fsp3) is 0.182. The lowest BCUT2D eigenvalue weighted by Crippen LogP contribution is -2.44. The first-order chi connectivity index (χ1) is 15.8. The number of aryl methyl sites for hydroxylation is 1. The van der Waals surface area contributed by atoms with Crippen molar-refractivity contribution in [3.8, 4) is 0 Å². The predicted molar refractivity (Wildman–Crippen MR) is 140 cm³/mol. The zero-order chi connectivity index (χ0) is 24.0. The van der Waals surface area contributed by atoms with E-state index >= 15 is 0 Å². The lowest BCUT2D eigenvalue weighted by molar-refractivity contribution is 0.294. The first kappa shape index (κ1) is 24.7. The van der Waals surface area contributed by atoms with Crippen LogP contribution in [0, 0.1) is 20.1 Å². The van der Waals surface area contributed by atoms with E-state index in [-0.39, 0.29) is 21.4 Å². The Labute approximate surface area is 203 Å². The second-order valence-electron chi connectivity index (χ2n) is 7.41. The number of nitrogens with zero attached hydrogens (tertiary/aromatic N) is 2. The number of halogens is 1. The van der Waals surface area contributed by atoms with Crippen LogP contribution in [0.1, 0.15) is 5.56 Å². The van der Waals surface area contributed by atoms with Gasteiger partial charge in [0.2, 0.25) is 5.69 Å². The summed E-state index contributed by atoms with van der Waals surface area (Å²) in [6.45, 7) is 21.3. The maximum absolute atomic E-state index is 6.92. The van der Waals surface area contributed by atoms with E-state index < -0.39 is 0 Å². The lowest BCUT2D eigenvalue weighted by Gasteiger charge is -2.25. The molecule has 0 atom stereocenters. The van der Waals surface area contributed by atoms with Crippen molar-refractivity contribution in [2.75, 3.05) is 0 Å². The number of fused-ring (bicyclic) bond motifs is 2. The molecule has 3 heterocycles. The van der Waals surface area contributed by atoms with Crippen LogP contribution in [0.4, 0.5) is 11.4 Å². The van der Waals surface area contributed by atoms with E-state index in [4.69, 9.17) is 26.9 Å². The molecule has 1 aliphatic heterocycles. The molecule has 5 rings (SSSR count). The van der Waals surface area contributed by atoms with Crippen molar-refractivity contribution < 1.29 is 13.7 Å². The second-order valence-corrected chi connectivity index (χ2v) is 8.26. The van der Waals surface area contributed by atoms with Crippen molar-refractivity contribution in [3.05, 3.63) is 81.7 Å². The quantitative estimate of drug-likeness (QED) is 0.203. The standard InChI is InChI=1S/C10H8N2.C9H5BrN2.C3H9B3O3/c1-7-5-8-3-4-12-10(8)6-9(7)11-2;1-11-9-5-8-6(2-3-12-8)4-7(9)10;1-4-7-5(2)9-6(3)8-4/h3-6,12H,1H3;2-5,12H;1-3H3. The molecule has 2 aromatic heterocycles. The summed E-state index contributed by atoms with van der Waals surface area (Å²) in [7, 11) is -0.406. The summed E-state index contributed by atoms with van der Waals surface area (Å²) in [5.74, 6) is 0. The van der Waals surface area contributed by atoms with Gasteiger partial charge >= 0.3 is 21.4 Å². The van der Waals surface area contributed by atoms with Gasteiger partial charge in [0.1, 0.15) is 0 Å². The number of benzene rings is 2. The van der Waals surface area contributed by atoms with Crippen molar-refractivity contribution in [2.45, 2.75) is 27.4 Å². The van der Waals surface area contributed by atoms with Gasteiger partial charge in [0.05, 0.1) is 13.1 Å². The van der Waals surface area contributed by atoms with Crippen molar-refractivity contribution in [1.82, 2.24) is 9.97 Å². The molecule has 4 aromatic rings. The van der Waals surface area contributed by atoms with Crippen LogP contribution in [0.5, 0.6) is 0 Å². The molecule has 1 fully saturated rings. The monoisotopic (exact) mass is 502 g/mol. The smallest absolute Gasteiger partial charge is 0.426 e. The van der Waals surface area contributed by atoms with E-state index in [0.717, 1.165) is 32.1 Å². The largest absolute Gasteiger partial charge is 0.453 e. The molecule has 164 valence electrons. The molecule has 33 heavy (non-hydrogen) atoms. The van der Waals surface area contributed by atoms with E-state index in [9.17, 15) is 0 Å². The molecule has 0 radical (unpaired) electrons. The van der Waals surface area contributed by atoms with Crippen LogP contribution < -0.4 is 0 Å². The topological polar surface area (TPSA) is 68.0 Å². The van der Waals surface area contributed by atoms with E-state index in [1.807, 2.05) is 76.2 Å². The summed E-state index contributed by atoms with van der Waals surface area (Å²) in [5, 5.41) is 2.29. The zero-order valence-corrected chi connectivity index (χ0v) is 20.4. The Morgan fingerprint density at radius 2 is 1.21 bits per heavy atom. The molecule has 2 aromatic carbocycles. The SMILES string of the molecule is CB1OB(C)OB(C)O1.[C-]#[N+]c1cc2[nH]ccc2cc1Br.[C-]#[N+]c1cc2[nH]ccc2cc1C. The molecule has 0 spiro atoms. The normalized spacial score (nSPS) is 13.0. The Hall–Kier alpha value is -2.95. The molecular weight excluding hydrogens is 481 g/mol. The summed E-state index contributed by atoms with van der Waals surface area (Å²) in [5.41, 5.74) is 4.45. The number of hydrogen-bond donors (Lipinski definition) is 2. The zero-order valence-electron chi connectivity index (χ0n) is 18.8. The molecule has 0 aliphatic carbocycles. The minimum absolute atomic E-state index is 0.135. The first-order valence-electron chi connectivity index (χ1n) is 10.4. The van der Waals surface area contributed by atoms with Gasteiger partial charge in [0.25, 0.3) is 0 Å². The van der Waals surface area contributed by atoms with Gasteiger partial charge < -0.3 is 23.7 Å². The highest BCUT2D eigenvalue weighted by atomic mass is 79.9. The highest BCUT2D eigenvalue weighted by molar-refractivity contribution is 9.10. The van der Waals surface area contributed by atoms with Crippen molar-refractivity contribution in [1.29, 1.82) is 0 Å².